The highest BCUT2D eigenvalue weighted by atomic mass is 19.1. The van der Waals surface area contributed by atoms with Gasteiger partial charge >= 0.3 is 0 Å². The Morgan fingerprint density at radius 1 is 1.12 bits per heavy atom. The predicted octanol–water partition coefficient (Wildman–Crippen LogP) is 1.12. The minimum absolute atomic E-state index is 0.0998. The van der Waals surface area contributed by atoms with Gasteiger partial charge in [-0.2, -0.15) is 5.10 Å². The average molecular weight is 331 g/mol. The lowest BCUT2D eigenvalue weighted by atomic mass is 10.2. The minimum Gasteiger partial charge on any atom is -0.508 e. The molecule has 0 aromatic heterocycles. The molecule has 4 N–H and O–H groups in total. The standard InChI is InChI=1S/C16H14FN3O4/c17-12-4-1-10(2-5-12)16(24)18-9-15(23)20-19-8-11-3-6-13(21)7-14(11)22/h1-8,21-22H,9H2,(H,18,24)(H,20,23)/b19-8+. The Morgan fingerprint density at radius 2 is 1.83 bits per heavy atom. The molecule has 0 spiro atoms. The van der Waals surface area contributed by atoms with E-state index in [9.17, 15) is 19.1 Å². The number of halogens is 1. The van der Waals surface area contributed by atoms with Crippen LogP contribution in [0.1, 0.15) is 15.9 Å². The van der Waals surface area contributed by atoms with Gasteiger partial charge in [0.15, 0.2) is 0 Å². The molecule has 124 valence electrons. The maximum Gasteiger partial charge on any atom is 0.259 e. The Bertz CT molecular complexity index is 775. The number of carbonyl (C=O) groups is 2. The van der Waals surface area contributed by atoms with Crippen LogP contribution in [0.5, 0.6) is 11.5 Å². The van der Waals surface area contributed by atoms with E-state index in [4.69, 9.17) is 5.11 Å². The molecule has 0 fully saturated rings. The van der Waals surface area contributed by atoms with Gasteiger partial charge in [-0.05, 0) is 36.4 Å². The molecular formula is C16H14FN3O4. The first-order valence-electron chi connectivity index (χ1n) is 6.83. The van der Waals surface area contributed by atoms with E-state index in [1.54, 1.807) is 0 Å². The van der Waals surface area contributed by atoms with E-state index in [1.165, 1.54) is 30.5 Å². The zero-order chi connectivity index (χ0) is 17.5. The Labute approximate surface area is 136 Å². The summed E-state index contributed by atoms with van der Waals surface area (Å²) in [4.78, 5) is 23.3. The largest absolute Gasteiger partial charge is 0.508 e. The number of hydrogen-bond acceptors (Lipinski definition) is 5. The van der Waals surface area contributed by atoms with Crippen molar-refractivity contribution < 1.29 is 24.2 Å². The molecule has 2 amide bonds. The second-order valence-electron chi connectivity index (χ2n) is 4.73. The lowest BCUT2D eigenvalue weighted by Gasteiger charge is -2.04. The molecule has 0 bridgehead atoms. The van der Waals surface area contributed by atoms with Crippen molar-refractivity contribution in [2.75, 3.05) is 6.54 Å². The Balaban J connectivity index is 1.81. The van der Waals surface area contributed by atoms with Gasteiger partial charge in [-0.1, -0.05) is 0 Å². The van der Waals surface area contributed by atoms with Crippen molar-refractivity contribution in [2.24, 2.45) is 5.10 Å². The number of carbonyl (C=O) groups excluding carboxylic acids is 2. The fraction of sp³-hybridized carbons (Fsp3) is 0.0625. The van der Waals surface area contributed by atoms with Gasteiger partial charge in [-0.3, -0.25) is 9.59 Å². The van der Waals surface area contributed by atoms with Crippen LogP contribution in [0, 0.1) is 5.82 Å². The molecule has 0 aliphatic rings. The van der Waals surface area contributed by atoms with Gasteiger partial charge in [0.2, 0.25) is 0 Å². The number of nitrogens with one attached hydrogen (secondary N) is 2. The fourth-order valence-corrected chi connectivity index (χ4v) is 1.72. The molecule has 0 aliphatic heterocycles. The number of nitrogens with zero attached hydrogens (tertiary/aromatic N) is 1. The summed E-state index contributed by atoms with van der Waals surface area (Å²) in [5.41, 5.74) is 2.69. The zero-order valence-electron chi connectivity index (χ0n) is 12.4. The summed E-state index contributed by atoms with van der Waals surface area (Å²) in [5.74, 6) is -1.86. The van der Waals surface area contributed by atoms with Gasteiger partial charge in [-0.15, -0.1) is 0 Å². The molecule has 24 heavy (non-hydrogen) atoms. The van der Waals surface area contributed by atoms with Crippen LogP contribution >= 0.6 is 0 Å². The quantitative estimate of drug-likeness (QED) is 0.486. The van der Waals surface area contributed by atoms with Gasteiger partial charge in [0.05, 0.1) is 12.8 Å². The number of aromatic hydroxyl groups is 2. The van der Waals surface area contributed by atoms with Gasteiger partial charge in [0, 0.05) is 17.2 Å². The number of rotatable bonds is 5. The summed E-state index contributed by atoms with van der Waals surface area (Å²) in [5, 5.41) is 24.7. The maximum absolute atomic E-state index is 12.8. The normalized spacial score (nSPS) is 10.5. The monoisotopic (exact) mass is 331 g/mol. The molecule has 0 aliphatic carbocycles. The highest BCUT2D eigenvalue weighted by Gasteiger charge is 2.07. The number of hydrazone groups is 1. The second-order valence-corrected chi connectivity index (χ2v) is 4.73. The van der Waals surface area contributed by atoms with Crippen molar-refractivity contribution in [1.29, 1.82) is 0 Å². The molecule has 8 heteroatoms. The van der Waals surface area contributed by atoms with Crippen LogP contribution in [0.4, 0.5) is 4.39 Å². The molecule has 2 aromatic rings. The SMILES string of the molecule is O=C(CNC(=O)c1ccc(F)cc1)N/N=C/c1ccc(O)cc1O. The number of hydrogen-bond donors (Lipinski definition) is 4. The maximum atomic E-state index is 12.8. The first kappa shape index (κ1) is 16.9. The van der Waals surface area contributed by atoms with Crippen molar-refractivity contribution >= 4 is 18.0 Å². The summed E-state index contributed by atoms with van der Waals surface area (Å²) in [7, 11) is 0. The first-order chi connectivity index (χ1) is 11.5. The molecule has 2 aromatic carbocycles. The van der Waals surface area contributed by atoms with Gasteiger partial charge in [0.1, 0.15) is 17.3 Å². The number of benzene rings is 2. The molecular weight excluding hydrogens is 317 g/mol. The molecule has 0 unspecified atom stereocenters. The fourth-order valence-electron chi connectivity index (χ4n) is 1.72. The van der Waals surface area contributed by atoms with Crippen LogP contribution in [0.3, 0.4) is 0 Å². The lowest BCUT2D eigenvalue weighted by Crippen LogP contribution is -2.34. The Morgan fingerprint density at radius 3 is 2.50 bits per heavy atom. The van der Waals surface area contributed by atoms with Crippen molar-refractivity contribution in [3.63, 3.8) is 0 Å². The Kier molecular flexibility index (Phi) is 5.45. The first-order valence-corrected chi connectivity index (χ1v) is 6.83. The van der Waals surface area contributed by atoms with Crippen molar-refractivity contribution in [3.05, 3.63) is 59.4 Å². The summed E-state index contributed by atoms with van der Waals surface area (Å²) in [6.45, 7) is -0.324. The molecule has 0 radical (unpaired) electrons. The van der Waals surface area contributed by atoms with Crippen LogP contribution < -0.4 is 10.7 Å². The smallest absolute Gasteiger partial charge is 0.259 e. The van der Waals surface area contributed by atoms with E-state index in [-0.39, 0.29) is 23.6 Å². The average Bonchev–Trinajstić information content (AvgIpc) is 2.55. The molecule has 7 nitrogen and oxygen atoms in total. The molecule has 0 atom stereocenters. The number of phenols is 2. The van der Waals surface area contributed by atoms with Crippen molar-refractivity contribution in [1.82, 2.24) is 10.7 Å². The van der Waals surface area contributed by atoms with Crippen LogP contribution in [0.25, 0.3) is 0 Å². The summed E-state index contributed by atoms with van der Waals surface area (Å²) >= 11 is 0. The third-order valence-corrected chi connectivity index (χ3v) is 2.92. The topological polar surface area (TPSA) is 111 Å². The molecule has 0 saturated carbocycles. The van der Waals surface area contributed by atoms with E-state index < -0.39 is 17.6 Å². The van der Waals surface area contributed by atoms with E-state index in [1.807, 2.05) is 0 Å². The molecule has 0 saturated heterocycles. The number of phenolic OH excluding ortho intramolecular Hbond substituents is 2. The van der Waals surface area contributed by atoms with Crippen LogP contribution in [-0.2, 0) is 4.79 Å². The van der Waals surface area contributed by atoms with Gasteiger partial charge in [0.25, 0.3) is 11.8 Å². The van der Waals surface area contributed by atoms with Crippen LogP contribution in [-0.4, -0.2) is 34.8 Å². The second kappa shape index (κ2) is 7.73. The number of amides is 2. The summed E-state index contributed by atoms with van der Waals surface area (Å²) in [6, 6.07) is 8.78. The van der Waals surface area contributed by atoms with Crippen LogP contribution in [0.2, 0.25) is 0 Å². The van der Waals surface area contributed by atoms with Gasteiger partial charge < -0.3 is 15.5 Å². The summed E-state index contributed by atoms with van der Waals surface area (Å²) < 4.78 is 12.8. The minimum atomic E-state index is -0.583. The highest BCUT2D eigenvalue weighted by Crippen LogP contribution is 2.20. The van der Waals surface area contributed by atoms with Crippen molar-refractivity contribution in [3.8, 4) is 11.5 Å². The lowest BCUT2D eigenvalue weighted by molar-refractivity contribution is -0.120. The highest BCUT2D eigenvalue weighted by molar-refractivity contribution is 5.96. The third kappa shape index (κ3) is 4.80. The third-order valence-electron chi connectivity index (χ3n) is 2.92. The van der Waals surface area contributed by atoms with E-state index in [0.29, 0.717) is 5.56 Å². The van der Waals surface area contributed by atoms with Crippen molar-refractivity contribution in [2.45, 2.75) is 0 Å². The van der Waals surface area contributed by atoms with E-state index >= 15 is 0 Å². The zero-order valence-corrected chi connectivity index (χ0v) is 12.4. The van der Waals surface area contributed by atoms with Gasteiger partial charge in [-0.25, -0.2) is 9.82 Å². The Hall–Kier alpha value is -3.42. The summed E-state index contributed by atoms with van der Waals surface area (Å²) in [6.07, 6.45) is 1.19. The van der Waals surface area contributed by atoms with Crippen LogP contribution in [0.15, 0.2) is 47.6 Å². The molecule has 2 rings (SSSR count). The predicted molar refractivity (Wildman–Crippen MR) is 84.2 cm³/mol. The molecule has 0 heterocycles. The van der Waals surface area contributed by atoms with E-state index in [0.717, 1.165) is 18.2 Å². The van der Waals surface area contributed by atoms with E-state index in [2.05, 4.69) is 15.8 Å².